The van der Waals surface area contributed by atoms with E-state index in [0.29, 0.717) is 0 Å². The third kappa shape index (κ3) is 2.21. The Bertz CT molecular complexity index is 637. The van der Waals surface area contributed by atoms with Gasteiger partial charge >= 0.3 is 6.09 Å². The van der Waals surface area contributed by atoms with Crippen LogP contribution in [0.25, 0.3) is 0 Å². The van der Waals surface area contributed by atoms with Crippen molar-refractivity contribution in [2.24, 2.45) is 0 Å². The van der Waals surface area contributed by atoms with Crippen LogP contribution in [-0.4, -0.2) is 32.3 Å². The first-order valence-corrected chi connectivity index (χ1v) is 6.71. The van der Waals surface area contributed by atoms with E-state index in [1.807, 2.05) is 55.6 Å². The molecular weight excluding hydrogens is 266 g/mol. The lowest BCUT2D eigenvalue weighted by atomic mass is 10.1. The van der Waals surface area contributed by atoms with Crippen LogP contribution in [0.3, 0.4) is 0 Å². The molecule has 0 aliphatic carbocycles. The van der Waals surface area contributed by atoms with Crippen molar-refractivity contribution in [2.75, 3.05) is 30.9 Å². The number of nitrogens with zero attached hydrogens (tertiary/aromatic N) is 3. The van der Waals surface area contributed by atoms with Gasteiger partial charge < -0.3 is 9.74 Å². The number of hydroxylamine groups is 2. The lowest BCUT2D eigenvalue weighted by Gasteiger charge is -2.36. The van der Waals surface area contributed by atoms with Gasteiger partial charge in [-0.2, -0.15) is 0 Å². The van der Waals surface area contributed by atoms with E-state index in [4.69, 9.17) is 4.84 Å². The van der Waals surface area contributed by atoms with Gasteiger partial charge in [0.1, 0.15) is 0 Å². The van der Waals surface area contributed by atoms with Gasteiger partial charge in [0.05, 0.1) is 22.7 Å². The number of anilines is 4. The Kier molecular flexibility index (Phi) is 3.27. The standard InChI is InChI=1S/C16H17N3O2/c1-17(2)21-16(20)19-14-10-6-4-8-12(14)18(3)13-9-5-7-11-15(13)19/h4-11H,1-3H3. The molecule has 0 saturated carbocycles. The number of hydrogen-bond donors (Lipinski definition) is 0. The molecule has 21 heavy (non-hydrogen) atoms. The largest absolute Gasteiger partial charge is 0.438 e. The fourth-order valence-corrected chi connectivity index (χ4v) is 2.53. The van der Waals surface area contributed by atoms with E-state index >= 15 is 0 Å². The maximum Gasteiger partial charge on any atom is 0.438 e. The molecule has 0 bridgehead atoms. The van der Waals surface area contributed by atoms with E-state index in [0.717, 1.165) is 22.7 Å². The van der Waals surface area contributed by atoms with Gasteiger partial charge in [-0.3, -0.25) is 0 Å². The van der Waals surface area contributed by atoms with Gasteiger partial charge in [0, 0.05) is 21.1 Å². The predicted molar refractivity (Wildman–Crippen MR) is 83.3 cm³/mol. The smallest absolute Gasteiger partial charge is 0.351 e. The number of para-hydroxylation sites is 4. The van der Waals surface area contributed by atoms with E-state index in [1.165, 1.54) is 5.06 Å². The zero-order chi connectivity index (χ0) is 15.0. The summed E-state index contributed by atoms with van der Waals surface area (Å²) in [5, 5.41) is 1.39. The highest BCUT2D eigenvalue weighted by atomic mass is 16.7. The van der Waals surface area contributed by atoms with Crippen LogP contribution in [0.4, 0.5) is 27.5 Å². The molecule has 1 aliphatic heterocycles. The fourth-order valence-electron chi connectivity index (χ4n) is 2.53. The van der Waals surface area contributed by atoms with Crippen molar-refractivity contribution >= 4 is 28.8 Å². The molecule has 0 aromatic heterocycles. The Hall–Kier alpha value is -2.53. The number of fused-ring (bicyclic) bond motifs is 2. The van der Waals surface area contributed by atoms with Crippen molar-refractivity contribution in [2.45, 2.75) is 0 Å². The third-order valence-electron chi connectivity index (χ3n) is 3.41. The number of hydrogen-bond acceptors (Lipinski definition) is 4. The molecule has 0 atom stereocenters. The van der Waals surface area contributed by atoms with Crippen molar-refractivity contribution < 1.29 is 9.63 Å². The molecule has 2 aromatic rings. The molecule has 3 rings (SSSR count). The zero-order valence-electron chi connectivity index (χ0n) is 12.3. The average molecular weight is 283 g/mol. The molecule has 0 unspecified atom stereocenters. The summed E-state index contributed by atoms with van der Waals surface area (Å²) in [6.07, 6.45) is -0.423. The summed E-state index contributed by atoms with van der Waals surface area (Å²) < 4.78 is 0. The summed E-state index contributed by atoms with van der Waals surface area (Å²) in [5.41, 5.74) is 3.55. The molecule has 0 saturated heterocycles. The first-order valence-electron chi connectivity index (χ1n) is 6.71. The van der Waals surface area contributed by atoms with Gasteiger partial charge in [-0.05, 0) is 24.3 Å². The first kappa shape index (κ1) is 13.5. The summed E-state index contributed by atoms with van der Waals surface area (Å²) in [7, 11) is 5.36. The SMILES string of the molecule is CN(C)OC(=O)N1c2ccccc2N(C)c2ccccc21. The van der Waals surface area contributed by atoms with Crippen molar-refractivity contribution in [3.63, 3.8) is 0 Å². The van der Waals surface area contributed by atoms with Crippen LogP contribution < -0.4 is 9.80 Å². The molecule has 0 radical (unpaired) electrons. The summed E-state index contributed by atoms with van der Waals surface area (Å²) in [4.78, 5) is 21.4. The Morgan fingerprint density at radius 3 is 1.76 bits per heavy atom. The molecule has 5 heteroatoms. The second-order valence-corrected chi connectivity index (χ2v) is 5.04. The van der Waals surface area contributed by atoms with E-state index in [1.54, 1.807) is 19.0 Å². The second-order valence-electron chi connectivity index (χ2n) is 5.04. The molecule has 1 heterocycles. The Labute approximate surface area is 123 Å². The van der Waals surface area contributed by atoms with Crippen LogP contribution in [-0.2, 0) is 4.84 Å². The average Bonchev–Trinajstić information content (AvgIpc) is 2.47. The van der Waals surface area contributed by atoms with Crippen LogP contribution >= 0.6 is 0 Å². The topological polar surface area (TPSA) is 36.0 Å². The molecule has 0 spiro atoms. The lowest BCUT2D eigenvalue weighted by Crippen LogP contribution is -2.35. The number of carbonyl (C=O) groups excluding carboxylic acids is 1. The number of benzene rings is 2. The maximum absolute atomic E-state index is 12.5. The molecule has 5 nitrogen and oxygen atoms in total. The predicted octanol–water partition coefficient (Wildman–Crippen LogP) is 3.52. The van der Waals surface area contributed by atoms with Crippen LogP contribution in [0.2, 0.25) is 0 Å². The normalized spacial score (nSPS) is 13.0. The molecule has 1 amide bonds. The molecule has 108 valence electrons. The molecule has 0 N–H and O–H groups in total. The van der Waals surface area contributed by atoms with Crippen molar-refractivity contribution in [3.05, 3.63) is 48.5 Å². The zero-order valence-corrected chi connectivity index (χ0v) is 12.3. The van der Waals surface area contributed by atoms with Gasteiger partial charge in [-0.1, -0.05) is 24.3 Å². The quantitative estimate of drug-likeness (QED) is 0.750. The van der Waals surface area contributed by atoms with Gasteiger partial charge in [0.25, 0.3) is 0 Å². The monoisotopic (exact) mass is 283 g/mol. The highest BCUT2D eigenvalue weighted by molar-refractivity contribution is 6.06. The lowest BCUT2D eigenvalue weighted by molar-refractivity contribution is -0.0500. The molecular formula is C16H17N3O2. The molecule has 1 aliphatic rings. The second kappa shape index (κ2) is 5.10. The first-order chi connectivity index (χ1) is 10.1. The highest BCUT2D eigenvalue weighted by Gasteiger charge is 2.31. The number of carbonyl (C=O) groups is 1. The van der Waals surface area contributed by atoms with Crippen LogP contribution in [0.5, 0.6) is 0 Å². The number of amides is 1. The number of rotatable bonds is 1. The van der Waals surface area contributed by atoms with E-state index in [-0.39, 0.29) is 0 Å². The summed E-state index contributed by atoms with van der Waals surface area (Å²) >= 11 is 0. The minimum Gasteiger partial charge on any atom is -0.351 e. The minimum atomic E-state index is -0.423. The minimum absolute atomic E-state index is 0.423. The maximum atomic E-state index is 12.5. The van der Waals surface area contributed by atoms with E-state index < -0.39 is 6.09 Å². The van der Waals surface area contributed by atoms with Crippen molar-refractivity contribution in [3.8, 4) is 0 Å². The van der Waals surface area contributed by atoms with Crippen LogP contribution in [0.1, 0.15) is 0 Å². The Morgan fingerprint density at radius 1 is 0.905 bits per heavy atom. The Balaban J connectivity index is 2.16. The van der Waals surface area contributed by atoms with Crippen molar-refractivity contribution in [1.29, 1.82) is 0 Å². The highest BCUT2D eigenvalue weighted by Crippen LogP contribution is 2.46. The van der Waals surface area contributed by atoms with Gasteiger partial charge in [-0.15, -0.1) is 5.06 Å². The third-order valence-corrected chi connectivity index (χ3v) is 3.41. The fraction of sp³-hybridized carbons (Fsp3) is 0.188. The molecule has 0 fully saturated rings. The van der Waals surface area contributed by atoms with E-state index in [2.05, 4.69) is 4.90 Å². The summed E-state index contributed by atoms with van der Waals surface area (Å²) in [6, 6.07) is 15.5. The van der Waals surface area contributed by atoms with E-state index in [9.17, 15) is 4.79 Å². The summed E-state index contributed by atoms with van der Waals surface area (Å²) in [6.45, 7) is 0. The van der Waals surface area contributed by atoms with Crippen LogP contribution in [0, 0.1) is 0 Å². The molecule has 2 aromatic carbocycles. The van der Waals surface area contributed by atoms with Crippen LogP contribution in [0.15, 0.2) is 48.5 Å². The van der Waals surface area contributed by atoms with Gasteiger partial charge in [0.2, 0.25) is 0 Å². The van der Waals surface area contributed by atoms with Gasteiger partial charge in [-0.25, -0.2) is 9.69 Å². The summed E-state index contributed by atoms with van der Waals surface area (Å²) in [5.74, 6) is 0. The van der Waals surface area contributed by atoms with Gasteiger partial charge in [0.15, 0.2) is 0 Å². The Morgan fingerprint density at radius 2 is 1.33 bits per heavy atom. The van der Waals surface area contributed by atoms with Crippen molar-refractivity contribution in [1.82, 2.24) is 5.06 Å².